The van der Waals surface area contributed by atoms with Gasteiger partial charge in [0.15, 0.2) is 0 Å². The van der Waals surface area contributed by atoms with Gasteiger partial charge in [-0.25, -0.2) is 13.1 Å². The van der Waals surface area contributed by atoms with Crippen molar-refractivity contribution >= 4 is 10.0 Å². The molecule has 0 saturated heterocycles. The molecule has 0 aliphatic heterocycles. The summed E-state index contributed by atoms with van der Waals surface area (Å²) in [6.07, 6.45) is -0.473. The molecule has 23 heavy (non-hydrogen) atoms. The van der Waals surface area contributed by atoms with Crippen LogP contribution in [0.3, 0.4) is 0 Å². The molecule has 2 rings (SSSR count). The summed E-state index contributed by atoms with van der Waals surface area (Å²) in [6, 6.07) is 6.80. The van der Waals surface area contributed by atoms with Crippen LogP contribution in [0.2, 0.25) is 0 Å². The van der Waals surface area contributed by atoms with Crippen LogP contribution >= 0.6 is 0 Å². The zero-order valence-electron chi connectivity index (χ0n) is 13.9. The number of aliphatic hydroxyl groups is 1. The van der Waals surface area contributed by atoms with E-state index in [1.807, 2.05) is 20.8 Å². The molecule has 0 spiro atoms. The normalized spacial score (nSPS) is 13.3. The van der Waals surface area contributed by atoms with Gasteiger partial charge in [-0.1, -0.05) is 6.07 Å². The third kappa shape index (κ3) is 4.22. The number of aliphatic hydroxyl groups excluding tert-OH is 1. The van der Waals surface area contributed by atoms with Crippen LogP contribution in [0.15, 0.2) is 33.6 Å². The van der Waals surface area contributed by atoms with Crippen molar-refractivity contribution in [1.82, 2.24) is 4.72 Å². The quantitative estimate of drug-likeness (QED) is 0.849. The first-order valence-electron chi connectivity index (χ1n) is 7.52. The highest BCUT2D eigenvalue weighted by atomic mass is 32.2. The van der Waals surface area contributed by atoms with Gasteiger partial charge in [0.2, 0.25) is 10.0 Å². The average Bonchev–Trinajstić information content (AvgIpc) is 2.80. The lowest BCUT2D eigenvalue weighted by molar-refractivity contribution is 0.167. The zero-order valence-corrected chi connectivity index (χ0v) is 14.7. The highest BCUT2D eigenvalue weighted by Crippen LogP contribution is 2.23. The van der Waals surface area contributed by atoms with Gasteiger partial charge in [0.1, 0.15) is 11.5 Å². The van der Waals surface area contributed by atoms with E-state index in [1.54, 1.807) is 31.2 Å². The van der Waals surface area contributed by atoms with E-state index in [9.17, 15) is 13.5 Å². The number of sulfonamides is 1. The fourth-order valence-electron chi connectivity index (χ4n) is 2.43. The van der Waals surface area contributed by atoms with Crippen molar-refractivity contribution in [2.45, 2.75) is 45.1 Å². The Morgan fingerprint density at radius 2 is 1.83 bits per heavy atom. The maximum atomic E-state index is 12.3. The van der Waals surface area contributed by atoms with Crippen LogP contribution < -0.4 is 4.72 Å². The second-order valence-electron chi connectivity index (χ2n) is 5.82. The molecule has 0 aliphatic rings. The van der Waals surface area contributed by atoms with Crippen molar-refractivity contribution in [3.8, 4) is 0 Å². The standard InChI is InChI=1S/C17H23NO4S/c1-11-5-6-15(9-12(11)2)23(20,21)18-8-7-17(19)16-10-13(3)22-14(16)4/h5-6,9-10,17-19H,7-8H2,1-4H3. The second kappa shape index (κ2) is 6.86. The number of furan rings is 1. The summed E-state index contributed by atoms with van der Waals surface area (Å²) >= 11 is 0. The molecule has 5 nitrogen and oxygen atoms in total. The van der Waals surface area contributed by atoms with Crippen LogP contribution in [0.5, 0.6) is 0 Å². The Hall–Kier alpha value is -1.63. The highest BCUT2D eigenvalue weighted by Gasteiger charge is 2.17. The summed E-state index contributed by atoms with van der Waals surface area (Å²) in [7, 11) is -3.57. The number of hydrogen-bond donors (Lipinski definition) is 2. The zero-order chi connectivity index (χ0) is 17.2. The molecular formula is C17H23NO4S. The fraction of sp³-hybridized carbons (Fsp3) is 0.412. The molecule has 0 amide bonds. The molecule has 2 N–H and O–H groups in total. The van der Waals surface area contributed by atoms with Gasteiger partial charge in [-0.15, -0.1) is 0 Å². The van der Waals surface area contributed by atoms with E-state index in [0.29, 0.717) is 11.3 Å². The molecule has 1 aromatic heterocycles. The highest BCUT2D eigenvalue weighted by molar-refractivity contribution is 7.89. The Kier molecular flexibility index (Phi) is 5.29. The van der Waals surface area contributed by atoms with Gasteiger partial charge in [-0.3, -0.25) is 0 Å². The number of aryl methyl sites for hydroxylation is 4. The second-order valence-corrected chi connectivity index (χ2v) is 7.58. The third-order valence-corrected chi connectivity index (χ3v) is 5.40. The van der Waals surface area contributed by atoms with E-state index in [2.05, 4.69) is 4.72 Å². The van der Waals surface area contributed by atoms with E-state index in [4.69, 9.17) is 4.42 Å². The van der Waals surface area contributed by atoms with Gasteiger partial charge < -0.3 is 9.52 Å². The summed E-state index contributed by atoms with van der Waals surface area (Å²) in [5.41, 5.74) is 2.68. The molecule has 0 bridgehead atoms. The Balaban J connectivity index is 1.99. The van der Waals surface area contributed by atoms with Crippen LogP contribution in [0.4, 0.5) is 0 Å². The summed E-state index contributed by atoms with van der Waals surface area (Å²) < 4.78 is 32.5. The predicted octanol–water partition coefficient (Wildman–Crippen LogP) is 2.92. The summed E-state index contributed by atoms with van der Waals surface area (Å²) in [4.78, 5) is 0.241. The predicted molar refractivity (Wildman–Crippen MR) is 88.9 cm³/mol. The van der Waals surface area contributed by atoms with Crippen LogP contribution in [0.25, 0.3) is 0 Å². The van der Waals surface area contributed by atoms with Gasteiger partial charge in [-0.2, -0.15) is 0 Å². The summed E-state index contributed by atoms with van der Waals surface area (Å²) in [5, 5.41) is 10.2. The Morgan fingerprint density at radius 3 is 2.39 bits per heavy atom. The SMILES string of the molecule is Cc1cc(C(O)CCNS(=O)(=O)c2ccc(C)c(C)c2)c(C)o1. The molecule has 1 atom stereocenters. The van der Waals surface area contributed by atoms with Gasteiger partial charge in [0, 0.05) is 12.1 Å². The molecule has 0 fully saturated rings. The van der Waals surface area contributed by atoms with Gasteiger partial charge >= 0.3 is 0 Å². The van der Waals surface area contributed by atoms with Gasteiger partial charge in [0.25, 0.3) is 0 Å². The molecular weight excluding hydrogens is 314 g/mol. The van der Waals surface area contributed by atoms with E-state index >= 15 is 0 Å². The van der Waals surface area contributed by atoms with Crippen molar-refractivity contribution < 1.29 is 17.9 Å². The first-order chi connectivity index (χ1) is 10.7. The molecule has 0 saturated carbocycles. The van der Waals surface area contributed by atoms with E-state index < -0.39 is 16.1 Å². The smallest absolute Gasteiger partial charge is 0.240 e. The summed E-state index contributed by atoms with van der Waals surface area (Å²) in [5.74, 6) is 1.39. The topological polar surface area (TPSA) is 79.5 Å². The minimum Gasteiger partial charge on any atom is -0.466 e. The number of nitrogens with one attached hydrogen (secondary N) is 1. The lowest BCUT2D eigenvalue weighted by Crippen LogP contribution is -2.26. The molecule has 2 aromatic rings. The summed E-state index contributed by atoms with van der Waals surface area (Å²) in [6.45, 7) is 7.56. The molecule has 0 radical (unpaired) electrons. The van der Waals surface area contributed by atoms with Crippen molar-refractivity contribution in [2.24, 2.45) is 0 Å². The average molecular weight is 337 g/mol. The fourth-order valence-corrected chi connectivity index (χ4v) is 3.56. The first-order valence-corrected chi connectivity index (χ1v) is 9.01. The number of rotatable bonds is 6. The molecule has 126 valence electrons. The third-order valence-electron chi connectivity index (χ3n) is 3.94. The molecule has 6 heteroatoms. The van der Waals surface area contributed by atoms with Gasteiger partial charge in [0.05, 0.1) is 11.0 Å². The van der Waals surface area contributed by atoms with Crippen molar-refractivity contribution in [3.63, 3.8) is 0 Å². The molecule has 1 heterocycles. The van der Waals surface area contributed by atoms with Crippen molar-refractivity contribution in [3.05, 3.63) is 52.5 Å². The Bertz CT molecular complexity index is 793. The monoisotopic (exact) mass is 337 g/mol. The van der Waals surface area contributed by atoms with Crippen LogP contribution in [-0.4, -0.2) is 20.1 Å². The minimum absolute atomic E-state index is 0.153. The van der Waals surface area contributed by atoms with Gasteiger partial charge in [-0.05, 0) is 63.4 Å². The lowest BCUT2D eigenvalue weighted by atomic mass is 10.1. The maximum Gasteiger partial charge on any atom is 0.240 e. The Morgan fingerprint density at radius 1 is 1.13 bits per heavy atom. The molecule has 1 aromatic carbocycles. The van der Waals surface area contributed by atoms with Crippen molar-refractivity contribution in [2.75, 3.05) is 6.54 Å². The van der Waals surface area contributed by atoms with Crippen molar-refractivity contribution in [1.29, 1.82) is 0 Å². The van der Waals surface area contributed by atoms with Crippen LogP contribution in [-0.2, 0) is 10.0 Å². The lowest BCUT2D eigenvalue weighted by Gasteiger charge is -2.12. The number of hydrogen-bond acceptors (Lipinski definition) is 4. The van der Waals surface area contributed by atoms with E-state index in [1.165, 1.54) is 0 Å². The molecule has 0 aliphatic carbocycles. The van der Waals surface area contributed by atoms with Crippen LogP contribution in [0, 0.1) is 27.7 Å². The first kappa shape index (κ1) is 17.7. The largest absolute Gasteiger partial charge is 0.466 e. The minimum atomic E-state index is -3.57. The van der Waals surface area contributed by atoms with E-state index in [0.717, 1.165) is 16.9 Å². The number of benzene rings is 1. The molecule has 1 unspecified atom stereocenters. The van der Waals surface area contributed by atoms with E-state index in [-0.39, 0.29) is 17.9 Å². The maximum absolute atomic E-state index is 12.3. The Labute approximate surface area is 137 Å². The van der Waals surface area contributed by atoms with Crippen LogP contribution in [0.1, 0.15) is 40.7 Å².